The van der Waals surface area contributed by atoms with Gasteiger partial charge in [-0.05, 0) is 44.2 Å². The summed E-state index contributed by atoms with van der Waals surface area (Å²) in [5, 5.41) is 3.45. The highest BCUT2D eigenvalue weighted by Gasteiger charge is 2.61. The van der Waals surface area contributed by atoms with Gasteiger partial charge in [-0.2, -0.15) is 0 Å². The highest BCUT2D eigenvalue weighted by molar-refractivity contribution is 6.39. The number of likely N-dealkylation sites (N-methyl/N-ethyl adjacent to an activating group) is 1. The molecule has 0 heterocycles. The Hall–Kier alpha value is -1.52. The van der Waals surface area contributed by atoms with E-state index in [0.29, 0.717) is 22.3 Å². The van der Waals surface area contributed by atoms with Gasteiger partial charge >= 0.3 is 0 Å². The number of rotatable bonds is 6. The van der Waals surface area contributed by atoms with Gasteiger partial charge in [-0.25, -0.2) is 0 Å². The Morgan fingerprint density at radius 2 is 1.81 bits per heavy atom. The van der Waals surface area contributed by atoms with Crippen molar-refractivity contribution < 1.29 is 9.59 Å². The van der Waals surface area contributed by atoms with Gasteiger partial charge in [0.2, 0.25) is 11.8 Å². The molecule has 2 rings (SSSR count). The lowest BCUT2D eigenvalue weighted by Crippen LogP contribution is -2.39. The molecule has 1 aromatic rings. The van der Waals surface area contributed by atoms with Crippen LogP contribution in [-0.2, 0) is 9.59 Å². The van der Waals surface area contributed by atoms with E-state index in [-0.39, 0.29) is 35.6 Å². The monoisotopic (exact) mass is 396 g/mol. The molecular weight excluding hydrogens is 371 g/mol. The van der Waals surface area contributed by atoms with Crippen molar-refractivity contribution in [2.75, 3.05) is 18.4 Å². The largest absolute Gasteiger partial charge is 0.333 e. The third-order valence-electron chi connectivity index (χ3n) is 4.94. The summed E-state index contributed by atoms with van der Waals surface area (Å²) in [4.78, 5) is 26.9. The second kappa shape index (κ2) is 8.01. The van der Waals surface area contributed by atoms with Crippen LogP contribution >= 0.6 is 23.2 Å². The first-order valence-corrected chi connectivity index (χ1v) is 9.52. The summed E-state index contributed by atoms with van der Waals surface area (Å²) in [7, 11) is 0. The van der Waals surface area contributed by atoms with Gasteiger partial charge in [-0.15, -0.1) is 0 Å². The number of carbonyl (C=O) groups excluding carboxylic acids is 2. The van der Waals surface area contributed by atoms with Crippen LogP contribution in [-0.4, -0.2) is 29.8 Å². The Balaban J connectivity index is 2.06. The molecule has 1 fully saturated rings. The van der Waals surface area contributed by atoms with Crippen LogP contribution in [0.2, 0.25) is 10.0 Å². The molecule has 1 saturated carbocycles. The van der Waals surface area contributed by atoms with E-state index < -0.39 is 0 Å². The molecule has 26 heavy (non-hydrogen) atoms. The fourth-order valence-electron chi connectivity index (χ4n) is 3.33. The first kappa shape index (κ1) is 20.8. The van der Waals surface area contributed by atoms with Gasteiger partial charge in [-0.1, -0.05) is 54.8 Å². The Morgan fingerprint density at radius 3 is 2.31 bits per heavy atom. The van der Waals surface area contributed by atoms with Crippen molar-refractivity contribution in [3.63, 3.8) is 0 Å². The second-order valence-electron chi connectivity index (χ2n) is 7.57. The molecule has 6 heteroatoms. The van der Waals surface area contributed by atoms with Crippen molar-refractivity contribution in [1.82, 2.24) is 4.90 Å². The maximum atomic E-state index is 12.9. The van der Waals surface area contributed by atoms with Gasteiger partial charge in [0.05, 0.1) is 28.2 Å². The SMILES string of the molecule is CCN(CC(=O)Nc1c(Cl)cccc1Cl)C(=O)C1C(C=C(C)C)C1(C)C. The highest BCUT2D eigenvalue weighted by Crippen LogP contribution is 2.60. The van der Waals surface area contributed by atoms with Crippen molar-refractivity contribution >= 4 is 40.7 Å². The number of para-hydroxylation sites is 1. The van der Waals surface area contributed by atoms with E-state index in [9.17, 15) is 9.59 Å². The van der Waals surface area contributed by atoms with Crippen LogP contribution in [0.1, 0.15) is 34.6 Å². The quantitative estimate of drug-likeness (QED) is 0.686. The zero-order valence-corrected chi connectivity index (χ0v) is 17.4. The van der Waals surface area contributed by atoms with Crippen LogP contribution < -0.4 is 5.32 Å². The molecule has 0 bridgehead atoms. The molecule has 1 aromatic carbocycles. The molecule has 0 spiro atoms. The standard InChI is InChI=1S/C20H26Cl2N2O2/c1-6-24(19(26)17-13(10-12(2)3)20(17,4)5)11-16(25)23-18-14(21)8-7-9-15(18)22/h7-10,13,17H,6,11H2,1-5H3,(H,23,25). The summed E-state index contributed by atoms with van der Waals surface area (Å²) in [5.41, 5.74) is 1.50. The predicted molar refractivity (Wildman–Crippen MR) is 108 cm³/mol. The average molecular weight is 397 g/mol. The fraction of sp³-hybridized carbons (Fsp3) is 0.500. The van der Waals surface area contributed by atoms with Gasteiger partial charge < -0.3 is 10.2 Å². The summed E-state index contributed by atoms with van der Waals surface area (Å²) >= 11 is 12.2. The summed E-state index contributed by atoms with van der Waals surface area (Å²) < 4.78 is 0. The van der Waals surface area contributed by atoms with Crippen LogP contribution in [0.4, 0.5) is 5.69 Å². The number of amides is 2. The molecule has 142 valence electrons. The van der Waals surface area contributed by atoms with E-state index >= 15 is 0 Å². The number of anilines is 1. The van der Waals surface area contributed by atoms with Gasteiger partial charge in [0, 0.05) is 6.54 Å². The molecule has 0 radical (unpaired) electrons. The Morgan fingerprint density at radius 1 is 1.23 bits per heavy atom. The van der Waals surface area contributed by atoms with Crippen LogP contribution in [0.15, 0.2) is 29.8 Å². The van der Waals surface area contributed by atoms with Gasteiger partial charge in [-0.3, -0.25) is 9.59 Å². The number of benzene rings is 1. The third-order valence-corrected chi connectivity index (χ3v) is 5.57. The highest BCUT2D eigenvalue weighted by atomic mass is 35.5. The molecular formula is C20H26Cl2N2O2. The van der Waals surface area contributed by atoms with E-state index in [1.807, 2.05) is 20.8 Å². The molecule has 0 saturated heterocycles. The zero-order chi connectivity index (χ0) is 19.6. The molecule has 2 amide bonds. The van der Waals surface area contributed by atoms with Crippen molar-refractivity contribution in [3.8, 4) is 0 Å². The minimum Gasteiger partial charge on any atom is -0.333 e. The van der Waals surface area contributed by atoms with Crippen LogP contribution in [0.3, 0.4) is 0 Å². The molecule has 2 unspecified atom stereocenters. The Labute approximate surface area is 165 Å². The molecule has 0 aliphatic heterocycles. The predicted octanol–water partition coefficient (Wildman–Crippen LogP) is 5.02. The smallest absolute Gasteiger partial charge is 0.244 e. The number of nitrogens with one attached hydrogen (secondary N) is 1. The first-order chi connectivity index (χ1) is 12.1. The second-order valence-corrected chi connectivity index (χ2v) is 8.38. The topological polar surface area (TPSA) is 49.4 Å². The lowest BCUT2D eigenvalue weighted by atomic mass is 10.1. The molecule has 2 atom stereocenters. The number of allylic oxidation sites excluding steroid dienone is 2. The minimum atomic E-state index is -0.313. The average Bonchev–Trinajstić information content (AvgIpc) is 3.07. The number of hydrogen-bond acceptors (Lipinski definition) is 2. The fourth-order valence-corrected chi connectivity index (χ4v) is 3.82. The number of carbonyl (C=O) groups is 2. The van der Waals surface area contributed by atoms with E-state index in [2.05, 4.69) is 25.2 Å². The maximum absolute atomic E-state index is 12.9. The molecule has 1 N–H and O–H groups in total. The van der Waals surface area contributed by atoms with Crippen molar-refractivity contribution in [1.29, 1.82) is 0 Å². The molecule has 0 aromatic heterocycles. The number of halogens is 2. The molecule has 1 aliphatic rings. The third kappa shape index (κ3) is 4.41. The Kier molecular flexibility index (Phi) is 6.41. The zero-order valence-electron chi connectivity index (χ0n) is 15.9. The van der Waals surface area contributed by atoms with E-state index in [0.717, 1.165) is 0 Å². The van der Waals surface area contributed by atoms with Gasteiger partial charge in [0.25, 0.3) is 0 Å². The van der Waals surface area contributed by atoms with Crippen LogP contribution in [0.5, 0.6) is 0 Å². The first-order valence-electron chi connectivity index (χ1n) is 8.77. The van der Waals surface area contributed by atoms with Crippen LogP contribution in [0, 0.1) is 17.3 Å². The number of hydrogen-bond donors (Lipinski definition) is 1. The van der Waals surface area contributed by atoms with Gasteiger partial charge in [0.15, 0.2) is 0 Å². The van der Waals surface area contributed by atoms with Gasteiger partial charge in [0.1, 0.15) is 0 Å². The lowest BCUT2D eigenvalue weighted by Gasteiger charge is -2.21. The van der Waals surface area contributed by atoms with E-state index in [1.54, 1.807) is 23.1 Å². The van der Waals surface area contributed by atoms with Crippen molar-refractivity contribution in [3.05, 3.63) is 39.9 Å². The van der Waals surface area contributed by atoms with Crippen molar-refractivity contribution in [2.24, 2.45) is 17.3 Å². The van der Waals surface area contributed by atoms with E-state index in [4.69, 9.17) is 23.2 Å². The molecule has 4 nitrogen and oxygen atoms in total. The summed E-state index contributed by atoms with van der Waals surface area (Å²) in [5.74, 6) is -0.169. The molecule has 1 aliphatic carbocycles. The summed E-state index contributed by atoms with van der Waals surface area (Å²) in [6.07, 6.45) is 2.15. The van der Waals surface area contributed by atoms with Crippen LogP contribution in [0.25, 0.3) is 0 Å². The van der Waals surface area contributed by atoms with E-state index in [1.165, 1.54) is 5.57 Å². The summed E-state index contributed by atoms with van der Waals surface area (Å²) in [6.45, 7) is 10.6. The lowest BCUT2D eigenvalue weighted by molar-refractivity contribution is -0.136. The minimum absolute atomic E-state index is 0.0143. The summed E-state index contributed by atoms with van der Waals surface area (Å²) in [6, 6.07) is 5.02. The normalized spacial score (nSPS) is 20.3. The maximum Gasteiger partial charge on any atom is 0.244 e. The number of nitrogens with zero attached hydrogens (tertiary/aromatic N) is 1. The van der Waals surface area contributed by atoms with Crippen molar-refractivity contribution in [2.45, 2.75) is 34.6 Å². The Bertz CT molecular complexity index is 719.